The molecule has 3 heterocycles. The van der Waals surface area contributed by atoms with Crippen LogP contribution in [-0.2, 0) is 14.6 Å². The maximum Gasteiger partial charge on any atom is 0.224 e. The topological polar surface area (TPSA) is 79.4 Å². The number of hydrogen-bond donors (Lipinski definition) is 1. The van der Waals surface area contributed by atoms with Crippen molar-refractivity contribution in [2.45, 2.75) is 32.1 Å². The van der Waals surface area contributed by atoms with Gasteiger partial charge >= 0.3 is 0 Å². The average Bonchev–Trinajstić information content (AvgIpc) is 3.01. The summed E-state index contributed by atoms with van der Waals surface area (Å²) in [4.78, 5) is 19.1. The van der Waals surface area contributed by atoms with Crippen LogP contribution in [0.25, 0.3) is 10.8 Å². The van der Waals surface area contributed by atoms with Crippen molar-refractivity contribution in [3.05, 3.63) is 30.6 Å². The Morgan fingerprint density at radius 3 is 2.70 bits per heavy atom. The van der Waals surface area contributed by atoms with Crippen LogP contribution in [0, 0.1) is 5.92 Å². The second-order valence-corrected chi connectivity index (χ2v) is 9.85. The predicted octanol–water partition coefficient (Wildman–Crippen LogP) is 2.99. The third-order valence-electron chi connectivity index (χ3n) is 5.57. The molecule has 0 aliphatic carbocycles. The van der Waals surface area contributed by atoms with Crippen molar-refractivity contribution in [3.63, 3.8) is 0 Å². The first kappa shape index (κ1) is 18.2. The third-order valence-corrected chi connectivity index (χ3v) is 7.40. The van der Waals surface area contributed by atoms with Gasteiger partial charge in [0, 0.05) is 48.4 Å². The summed E-state index contributed by atoms with van der Waals surface area (Å²) in [7, 11) is -2.96. The fraction of sp³-hybridized carbons (Fsp3) is 0.500. The largest absolute Gasteiger partial charge is 0.371 e. The number of hydrogen-bond acceptors (Lipinski definition) is 5. The molecule has 7 heteroatoms. The number of piperidine rings is 1. The zero-order chi connectivity index (χ0) is 18.9. The zero-order valence-electron chi connectivity index (χ0n) is 15.4. The Labute approximate surface area is 159 Å². The van der Waals surface area contributed by atoms with E-state index in [1.54, 1.807) is 12.4 Å². The van der Waals surface area contributed by atoms with Crippen LogP contribution < -0.4 is 10.2 Å². The van der Waals surface area contributed by atoms with Crippen LogP contribution in [0.1, 0.15) is 32.1 Å². The van der Waals surface area contributed by atoms with Crippen molar-refractivity contribution >= 4 is 37.9 Å². The minimum atomic E-state index is -2.96. The summed E-state index contributed by atoms with van der Waals surface area (Å²) in [6, 6.07) is 6.01. The van der Waals surface area contributed by atoms with E-state index in [-0.39, 0.29) is 29.8 Å². The number of nitrogens with one attached hydrogen (secondary N) is 1. The van der Waals surface area contributed by atoms with E-state index in [4.69, 9.17) is 0 Å². The van der Waals surface area contributed by atoms with Crippen molar-refractivity contribution in [2.24, 2.45) is 5.92 Å². The summed E-state index contributed by atoms with van der Waals surface area (Å²) in [6.45, 7) is 2.11. The first-order valence-corrected chi connectivity index (χ1v) is 11.5. The van der Waals surface area contributed by atoms with Crippen LogP contribution >= 0.6 is 0 Å². The van der Waals surface area contributed by atoms with Gasteiger partial charge in [-0.2, -0.15) is 0 Å². The lowest BCUT2D eigenvalue weighted by Gasteiger charge is -2.30. The molecule has 1 unspecified atom stereocenters. The summed E-state index contributed by atoms with van der Waals surface area (Å²) in [6.07, 6.45) is 8.08. The van der Waals surface area contributed by atoms with Gasteiger partial charge < -0.3 is 10.2 Å². The quantitative estimate of drug-likeness (QED) is 0.872. The monoisotopic (exact) mass is 387 g/mol. The highest BCUT2D eigenvalue weighted by Gasteiger charge is 2.29. The highest BCUT2D eigenvalue weighted by Crippen LogP contribution is 2.33. The van der Waals surface area contributed by atoms with Crippen LogP contribution in [0.2, 0.25) is 0 Å². The number of nitrogens with zero attached hydrogens (tertiary/aromatic N) is 2. The molecular formula is C20H25N3O3S. The molecule has 0 bridgehead atoms. The molecule has 4 rings (SSSR count). The molecule has 1 aromatic carbocycles. The Hall–Kier alpha value is -2.15. The van der Waals surface area contributed by atoms with Gasteiger partial charge in [0.25, 0.3) is 0 Å². The van der Waals surface area contributed by atoms with Gasteiger partial charge in [0.1, 0.15) is 0 Å². The molecule has 1 atom stereocenters. The van der Waals surface area contributed by atoms with Gasteiger partial charge in [0.2, 0.25) is 5.91 Å². The molecule has 1 N–H and O–H groups in total. The molecule has 0 saturated carbocycles. The van der Waals surface area contributed by atoms with E-state index >= 15 is 0 Å². The van der Waals surface area contributed by atoms with Gasteiger partial charge in [0.15, 0.2) is 9.84 Å². The summed E-state index contributed by atoms with van der Waals surface area (Å²) in [5, 5.41) is 4.99. The second kappa shape index (κ2) is 7.46. The Bertz CT molecular complexity index is 952. The highest BCUT2D eigenvalue weighted by molar-refractivity contribution is 7.91. The molecule has 0 spiro atoms. The lowest BCUT2D eigenvalue weighted by molar-refractivity contribution is -0.116. The molecular weight excluding hydrogens is 362 g/mol. The van der Waals surface area contributed by atoms with Gasteiger partial charge in [0.05, 0.1) is 17.2 Å². The molecule has 2 saturated heterocycles. The molecule has 1 amide bonds. The summed E-state index contributed by atoms with van der Waals surface area (Å²) in [5.41, 5.74) is 1.93. The molecule has 2 aliphatic rings. The van der Waals surface area contributed by atoms with Crippen LogP contribution in [-0.4, -0.2) is 43.9 Å². The highest BCUT2D eigenvalue weighted by atomic mass is 32.2. The van der Waals surface area contributed by atoms with Crippen LogP contribution in [0.4, 0.5) is 11.4 Å². The SMILES string of the molecule is O=C(CC1CCS(=O)(=O)C1)Nc1ccc(N2CCCCC2)c2ccncc12. The average molecular weight is 388 g/mol. The number of benzene rings is 1. The zero-order valence-corrected chi connectivity index (χ0v) is 16.2. The molecule has 0 radical (unpaired) electrons. The van der Waals surface area contributed by atoms with E-state index in [0.29, 0.717) is 6.42 Å². The molecule has 2 fully saturated rings. The molecule has 2 aromatic rings. The first-order valence-electron chi connectivity index (χ1n) is 9.64. The lowest BCUT2D eigenvalue weighted by atomic mass is 10.0. The van der Waals surface area contributed by atoms with Gasteiger partial charge in [-0.15, -0.1) is 0 Å². The van der Waals surface area contributed by atoms with E-state index in [9.17, 15) is 13.2 Å². The Morgan fingerprint density at radius 1 is 1.15 bits per heavy atom. The van der Waals surface area contributed by atoms with Crippen molar-refractivity contribution in [1.29, 1.82) is 0 Å². The number of aromatic nitrogens is 1. The number of rotatable bonds is 4. The fourth-order valence-electron chi connectivity index (χ4n) is 4.19. The number of anilines is 2. The minimum absolute atomic E-state index is 0.0768. The van der Waals surface area contributed by atoms with E-state index in [1.807, 2.05) is 12.1 Å². The summed E-state index contributed by atoms with van der Waals surface area (Å²) in [5.74, 6) is 0.110. The van der Waals surface area contributed by atoms with E-state index in [2.05, 4.69) is 21.3 Å². The normalized spacial score (nSPS) is 22.1. The second-order valence-electron chi connectivity index (χ2n) is 7.62. The van der Waals surface area contributed by atoms with E-state index in [0.717, 1.165) is 29.5 Å². The van der Waals surface area contributed by atoms with E-state index < -0.39 is 9.84 Å². The van der Waals surface area contributed by atoms with Crippen LogP contribution in [0.15, 0.2) is 30.6 Å². The standard InChI is InChI=1S/C20H25N3O3S/c24-20(12-15-7-11-27(25,26)14-15)22-18-4-5-19(23-9-2-1-3-10-23)16-6-8-21-13-17(16)18/h4-6,8,13,15H,1-3,7,9-12,14H2,(H,22,24). The Balaban J connectivity index is 1.55. The lowest BCUT2D eigenvalue weighted by Crippen LogP contribution is -2.29. The number of amides is 1. The fourth-order valence-corrected chi connectivity index (χ4v) is 6.05. The molecule has 144 valence electrons. The minimum Gasteiger partial charge on any atom is -0.371 e. The van der Waals surface area contributed by atoms with Gasteiger partial charge in [-0.3, -0.25) is 9.78 Å². The smallest absolute Gasteiger partial charge is 0.224 e. The summed E-state index contributed by atoms with van der Waals surface area (Å²) < 4.78 is 23.2. The van der Waals surface area contributed by atoms with Gasteiger partial charge in [-0.05, 0) is 49.8 Å². The summed E-state index contributed by atoms with van der Waals surface area (Å²) >= 11 is 0. The van der Waals surface area contributed by atoms with Gasteiger partial charge in [-0.1, -0.05) is 0 Å². The maximum atomic E-state index is 12.5. The van der Waals surface area contributed by atoms with Crippen molar-refractivity contribution in [2.75, 3.05) is 34.8 Å². The molecule has 6 nitrogen and oxygen atoms in total. The number of carbonyl (C=O) groups is 1. The van der Waals surface area contributed by atoms with Gasteiger partial charge in [-0.25, -0.2) is 8.42 Å². The van der Waals surface area contributed by atoms with Crippen LogP contribution in [0.3, 0.4) is 0 Å². The van der Waals surface area contributed by atoms with Crippen LogP contribution in [0.5, 0.6) is 0 Å². The van der Waals surface area contributed by atoms with Crippen molar-refractivity contribution in [1.82, 2.24) is 4.98 Å². The Kier molecular flexibility index (Phi) is 5.04. The number of carbonyl (C=O) groups excluding carboxylic acids is 1. The number of pyridine rings is 1. The number of sulfone groups is 1. The van der Waals surface area contributed by atoms with Crippen molar-refractivity contribution < 1.29 is 13.2 Å². The molecule has 1 aromatic heterocycles. The maximum absolute atomic E-state index is 12.5. The Morgan fingerprint density at radius 2 is 1.96 bits per heavy atom. The first-order chi connectivity index (χ1) is 13.0. The molecule has 27 heavy (non-hydrogen) atoms. The number of fused-ring (bicyclic) bond motifs is 1. The third kappa shape index (κ3) is 4.08. The van der Waals surface area contributed by atoms with E-state index in [1.165, 1.54) is 24.9 Å². The molecule has 2 aliphatic heterocycles. The predicted molar refractivity (Wildman–Crippen MR) is 108 cm³/mol. The van der Waals surface area contributed by atoms with Crippen molar-refractivity contribution in [3.8, 4) is 0 Å².